The molecule has 0 saturated carbocycles. The minimum atomic E-state index is 0.326. The lowest BCUT2D eigenvalue weighted by Crippen LogP contribution is -2.34. The third kappa shape index (κ3) is 2.69. The number of rotatable bonds is 5. The molecule has 0 radical (unpaired) electrons. The highest BCUT2D eigenvalue weighted by atomic mass is 16.2. The van der Waals surface area contributed by atoms with Crippen LogP contribution < -0.4 is 5.73 Å². The Morgan fingerprint density at radius 3 is 3.00 bits per heavy atom. The first-order valence-electron chi connectivity index (χ1n) is 5.29. The van der Waals surface area contributed by atoms with E-state index in [2.05, 4.69) is 6.92 Å². The molecule has 0 spiro atoms. The van der Waals surface area contributed by atoms with Crippen LogP contribution in [0.15, 0.2) is 0 Å². The van der Waals surface area contributed by atoms with Crippen LogP contribution in [0, 0.1) is 0 Å². The minimum absolute atomic E-state index is 0.326. The zero-order chi connectivity index (χ0) is 9.68. The largest absolute Gasteiger partial charge is 0.340 e. The van der Waals surface area contributed by atoms with E-state index in [1.807, 2.05) is 4.90 Å². The first-order valence-corrected chi connectivity index (χ1v) is 5.29. The van der Waals surface area contributed by atoms with Gasteiger partial charge in [-0.25, -0.2) is 0 Å². The maximum absolute atomic E-state index is 11.5. The van der Waals surface area contributed by atoms with Crippen molar-refractivity contribution in [2.75, 3.05) is 13.1 Å². The van der Waals surface area contributed by atoms with Gasteiger partial charge in [0.05, 0.1) is 0 Å². The molecule has 1 unspecified atom stereocenters. The Kier molecular flexibility index (Phi) is 4.22. The van der Waals surface area contributed by atoms with E-state index >= 15 is 0 Å². The zero-order valence-electron chi connectivity index (χ0n) is 8.46. The molecule has 0 aromatic heterocycles. The van der Waals surface area contributed by atoms with E-state index in [0.29, 0.717) is 18.5 Å². The summed E-state index contributed by atoms with van der Waals surface area (Å²) in [7, 11) is 0. The molecular weight excluding hydrogens is 164 g/mol. The standard InChI is InChI=1S/C10H20N2O/c1-2-4-9-5-6-10(13)12(9)8-3-7-11/h9H,2-8,11H2,1H3. The quantitative estimate of drug-likeness (QED) is 0.696. The van der Waals surface area contributed by atoms with Crippen molar-refractivity contribution >= 4 is 5.91 Å². The van der Waals surface area contributed by atoms with E-state index in [4.69, 9.17) is 5.73 Å². The first-order chi connectivity index (χ1) is 6.29. The van der Waals surface area contributed by atoms with Crippen LogP contribution >= 0.6 is 0 Å². The van der Waals surface area contributed by atoms with Crippen molar-refractivity contribution in [1.29, 1.82) is 0 Å². The molecule has 1 aliphatic rings. The summed E-state index contributed by atoms with van der Waals surface area (Å²) in [6, 6.07) is 0.504. The molecule has 1 rings (SSSR count). The van der Waals surface area contributed by atoms with E-state index in [-0.39, 0.29) is 0 Å². The zero-order valence-corrected chi connectivity index (χ0v) is 8.46. The Bertz CT molecular complexity index is 170. The molecular formula is C10H20N2O. The normalized spacial score (nSPS) is 22.8. The fourth-order valence-electron chi connectivity index (χ4n) is 2.00. The second-order valence-electron chi connectivity index (χ2n) is 3.71. The molecule has 1 amide bonds. The molecule has 0 aromatic rings. The summed E-state index contributed by atoms with van der Waals surface area (Å²) in [4.78, 5) is 13.5. The highest BCUT2D eigenvalue weighted by Gasteiger charge is 2.29. The van der Waals surface area contributed by atoms with Crippen LogP contribution in [0.5, 0.6) is 0 Å². The summed E-state index contributed by atoms with van der Waals surface area (Å²) >= 11 is 0. The topological polar surface area (TPSA) is 46.3 Å². The number of carbonyl (C=O) groups excluding carboxylic acids is 1. The van der Waals surface area contributed by atoms with E-state index in [9.17, 15) is 4.79 Å². The van der Waals surface area contributed by atoms with E-state index in [1.165, 1.54) is 0 Å². The van der Waals surface area contributed by atoms with Crippen molar-refractivity contribution in [3.63, 3.8) is 0 Å². The summed E-state index contributed by atoms with van der Waals surface area (Å²) in [5.41, 5.74) is 5.43. The molecule has 2 N–H and O–H groups in total. The van der Waals surface area contributed by atoms with Gasteiger partial charge in [-0.3, -0.25) is 4.79 Å². The van der Waals surface area contributed by atoms with Crippen LogP contribution in [0.2, 0.25) is 0 Å². The van der Waals surface area contributed by atoms with Crippen molar-refractivity contribution in [3.8, 4) is 0 Å². The van der Waals surface area contributed by atoms with Crippen LogP contribution in [0.25, 0.3) is 0 Å². The van der Waals surface area contributed by atoms with Gasteiger partial charge in [0, 0.05) is 19.0 Å². The van der Waals surface area contributed by atoms with Gasteiger partial charge in [-0.1, -0.05) is 13.3 Å². The Balaban J connectivity index is 2.40. The number of likely N-dealkylation sites (tertiary alicyclic amines) is 1. The average molecular weight is 184 g/mol. The van der Waals surface area contributed by atoms with Gasteiger partial charge in [-0.15, -0.1) is 0 Å². The van der Waals surface area contributed by atoms with E-state index in [0.717, 1.165) is 38.6 Å². The smallest absolute Gasteiger partial charge is 0.222 e. The van der Waals surface area contributed by atoms with Gasteiger partial charge in [-0.2, -0.15) is 0 Å². The molecule has 76 valence electrons. The van der Waals surface area contributed by atoms with Crippen molar-refractivity contribution < 1.29 is 4.79 Å². The average Bonchev–Trinajstić information content (AvgIpc) is 2.45. The number of hydrogen-bond acceptors (Lipinski definition) is 2. The second-order valence-corrected chi connectivity index (χ2v) is 3.71. The lowest BCUT2D eigenvalue weighted by molar-refractivity contribution is -0.129. The summed E-state index contributed by atoms with van der Waals surface area (Å²) in [5.74, 6) is 0.326. The summed E-state index contributed by atoms with van der Waals surface area (Å²) in [6.45, 7) is 3.71. The number of nitrogens with zero attached hydrogens (tertiary/aromatic N) is 1. The molecule has 1 atom stereocenters. The second kappa shape index (κ2) is 5.22. The first kappa shape index (κ1) is 10.5. The lowest BCUT2D eigenvalue weighted by Gasteiger charge is -2.24. The van der Waals surface area contributed by atoms with Crippen molar-refractivity contribution in [2.24, 2.45) is 5.73 Å². The van der Waals surface area contributed by atoms with Crippen LogP contribution in [0.1, 0.15) is 39.0 Å². The third-order valence-corrected chi connectivity index (χ3v) is 2.68. The van der Waals surface area contributed by atoms with Gasteiger partial charge < -0.3 is 10.6 Å². The number of amides is 1. The van der Waals surface area contributed by atoms with Gasteiger partial charge in [0.1, 0.15) is 0 Å². The molecule has 0 bridgehead atoms. The molecule has 1 aliphatic heterocycles. The van der Waals surface area contributed by atoms with Crippen molar-refractivity contribution in [2.45, 2.75) is 45.1 Å². The monoisotopic (exact) mass is 184 g/mol. The molecule has 0 aliphatic carbocycles. The molecule has 1 fully saturated rings. The van der Waals surface area contributed by atoms with Crippen LogP contribution in [0.4, 0.5) is 0 Å². The van der Waals surface area contributed by atoms with E-state index < -0.39 is 0 Å². The maximum atomic E-state index is 11.5. The molecule has 13 heavy (non-hydrogen) atoms. The molecule has 1 heterocycles. The molecule has 1 saturated heterocycles. The number of nitrogens with two attached hydrogens (primary N) is 1. The highest BCUT2D eigenvalue weighted by molar-refractivity contribution is 5.78. The predicted octanol–water partition coefficient (Wildman–Crippen LogP) is 1.13. The van der Waals surface area contributed by atoms with E-state index in [1.54, 1.807) is 0 Å². The molecule has 3 heteroatoms. The van der Waals surface area contributed by atoms with Crippen LogP contribution in [-0.2, 0) is 4.79 Å². The SMILES string of the molecule is CCCC1CCC(=O)N1CCCN. The Labute approximate surface area is 80.3 Å². The van der Waals surface area contributed by atoms with Crippen molar-refractivity contribution in [3.05, 3.63) is 0 Å². The Morgan fingerprint density at radius 2 is 2.38 bits per heavy atom. The van der Waals surface area contributed by atoms with Gasteiger partial charge in [-0.05, 0) is 25.8 Å². The van der Waals surface area contributed by atoms with Crippen molar-refractivity contribution in [1.82, 2.24) is 4.90 Å². The van der Waals surface area contributed by atoms with Gasteiger partial charge in [0.15, 0.2) is 0 Å². The predicted molar refractivity (Wildman–Crippen MR) is 53.3 cm³/mol. The lowest BCUT2D eigenvalue weighted by atomic mass is 10.1. The highest BCUT2D eigenvalue weighted by Crippen LogP contribution is 2.22. The van der Waals surface area contributed by atoms with Gasteiger partial charge in [0.25, 0.3) is 0 Å². The molecule has 0 aromatic carbocycles. The van der Waals surface area contributed by atoms with Crippen LogP contribution in [-0.4, -0.2) is 29.9 Å². The molecule has 3 nitrogen and oxygen atoms in total. The number of hydrogen-bond donors (Lipinski definition) is 1. The Morgan fingerprint density at radius 1 is 1.62 bits per heavy atom. The summed E-state index contributed by atoms with van der Waals surface area (Å²) < 4.78 is 0. The maximum Gasteiger partial charge on any atom is 0.222 e. The fourth-order valence-corrected chi connectivity index (χ4v) is 2.00. The fraction of sp³-hybridized carbons (Fsp3) is 0.900. The van der Waals surface area contributed by atoms with Crippen LogP contribution in [0.3, 0.4) is 0 Å². The Hall–Kier alpha value is -0.570. The van der Waals surface area contributed by atoms with Gasteiger partial charge in [0.2, 0.25) is 5.91 Å². The number of carbonyl (C=O) groups is 1. The summed E-state index contributed by atoms with van der Waals surface area (Å²) in [6.07, 6.45) is 5.05. The minimum Gasteiger partial charge on any atom is -0.340 e. The third-order valence-electron chi connectivity index (χ3n) is 2.68. The summed E-state index contributed by atoms with van der Waals surface area (Å²) in [5, 5.41) is 0. The van der Waals surface area contributed by atoms with Gasteiger partial charge >= 0.3 is 0 Å².